The lowest BCUT2D eigenvalue weighted by Crippen LogP contribution is -3.00. The Bertz CT molecular complexity index is 388. The first-order valence-electron chi connectivity index (χ1n) is 4.80. The fraction of sp³-hybridized carbons (Fsp3) is 0.444. The lowest BCUT2D eigenvalue weighted by molar-refractivity contribution is -0.671. The number of halogens is 1. The molecular formula is C9H16BrN5OS. The van der Waals surface area contributed by atoms with Gasteiger partial charge in [-0.1, -0.05) is 11.8 Å². The molecule has 0 aromatic carbocycles. The number of carbonyl (C=O) groups is 1. The number of aromatic nitrogens is 2. The zero-order valence-corrected chi connectivity index (χ0v) is 11.9. The molecule has 1 aromatic heterocycles. The van der Waals surface area contributed by atoms with E-state index in [0.29, 0.717) is 18.8 Å². The van der Waals surface area contributed by atoms with Gasteiger partial charge in [-0.25, -0.2) is 9.13 Å². The van der Waals surface area contributed by atoms with E-state index < -0.39 is 0 Å². The number of hydrogen-bond donors (Lipinski definition) is 2. The van der Waals surface area contributed by atoms with Crippen molar-refractivity contribution in [1.82, 2.24) is 4.57 Å². The summed E-state index contributed by atoms with van der Waals surface area (Å²) in [4.78, 5) is 15.3. The quantitative estimate of drug-likeness (QED) is 0.249. The Hall–Kier alpha value is -1.02. The largest absolute Gasteiger partial charge is 1.00 e. The average molecular weight is 322 g/mol. The molecule has 0 spiro atoms. The van der Waals surface area contributed by atoms with Crippen LogP contribution in [0, 0.1) is 0 Å². The minimum absolute atomic E-state index is 0. The van der Waals surface area contributed by atoms with E-state index >= 15 is 0 Å². The van der Waals surface area contributed by atoms with Crippen LogP contribution >= 0.6 is 11.8 Å². The summed E-state index contributed by atoms with van der Waals surface area (Å²) in [5, 5.41) is 0.0991. The summed E-state index contributed by atoms with van der Waals surface area (Å²) in [5.41, 5.74) is 10.3. The van der Waals surface area contributed by atoms with E-state index in [1.807, 2.05) is 34.9 Å². The van der Waals surface area contributed by atoms with Crippen molar-refractivity contribution in [2.75, 3.05) is 12.3 Å². The van der Waals surface area contributed by atoms with Crippen LogP contribution in [0.1, 0.15) is 0 Å². The van der Waals surface area contributed by atoms with Gasteiger partial charge in [0.2, 0.25) is 11.4 Å². The van der Waals surface area contributed by atoms with Crippen LogP contribution in [0.3, 0.4) is 0 Å². The summed E-state index contributed by atoms with van der Waals surface area (Å²) < 4.78 is 3.72. The van der Waals surface area contributed by atoms with E-state index in [-0.39, 0.29) is 28.1 Å². The molecule has 1 aromatic rings. The molecule has 6 nitrogen and oxygen atoms in total. The lowest BCUT2D eigenvalue weighted by Gasteiger charge is -1.96. The number of aliphatic imine (C=N–C) groups is 1. The van der Waals surface area contributed by atoms with Crippen molar-refractivity contribution in [2.24, 2.45) is 23.5 Å². The molecule has 96 valence electrons. The van der Waals surface area contributed by atoms with Crippen LogP contribution in [-0.4, -0.2) is 27.9 Å². The predicted octanol–water partition coefficient (Wildman–Crippen LogP) is -4.15. The number of guanidine groups is 1. The number of hydrogen-bond acceptors (Lipinski definition) is 3. The van der Waals surface area contributed by atoms with Crippen LogP contribution in [-0.2, 0) is 18.4 Å². The Morgan fingerprint density at radius 3 is 2.76 bits per heavy atom. The van der Waals surface area contributed by atoms with Crippen LogP contribution in [0.5, 0.6) is 0 Å². The molecule has 0 aliphatic heterocycles. The molecule has 0 atom stereocenters. The number of imidazole rings is 1. The topological polar surface area (TPSA) is 90.3 Å². The number of carbonyl (C=O) groups excluding carboxylic acids is 1. The lowest BCUT2D eigenvalue weighted by atomic mass is 10.7. The molecule has 8 heteroatoms. The number of thioether (sulfide) groups is 1. The summed E-state index contributed by atoms with van der Waals surface area (Å²) in [6, 6.07) is 0. The van der Waals surface area contributed by atoms with E-state index in [2.05, 4.69) is 4.99 Å². The van der Waals surface area contributed by atoms with Crippen molar-refractivity contribution in [3.05, 3.63) is 18.7 Å². The van der Waals surface area contributed by atoms with Gasteiger partial charge in [-0.05, 0) is 0 Å². The summed E-state index contributed by atoms with van der Waals surface area (Å²) in [6.45, 7) is 0.839. The van der Waals surface area contributed by atoms with E-state index in [1.54, 1.807) is 0 Å². The first-order valence-corrected chi connectivity index (χ1v) is 5.78. The SMILES string of the molecule is C[n+]1ccn(CC(=O)SCCN=C(N)N)c1.[Br-]. The molecule has 1 rings (SSSR count). The Morgan fingerprint density at radius 1 is 1.53 bits per heavy atom. The normalized spacial score (nSPS) is 9.47. The van der Waals surface area contributed by atoms with Crippen molar-refractivity contribution in [2.45, 2.75) is 6.54 Å². The van der Waals surface area contributed by atoms with Crippen LogP contribution in [0.25, 0.3) is 0 Å². The second kappa shape index (κ2) is 8.13. The Labute approximate surface area is 115 Å². The first-order chi connectivity index (χ1) is 7.58. The van der Waals surface area contributed by atoms with Gasteiger partial charge in [0, 0.05) is 5.75 Å². The zero-order chi connectivity index (χ0) is 12.0. The van der Waals surface area contributed by atoms with Gasteiger partial charge in [-0.3, -0.25) is 9.79 Å². The number of rotatable bonds is 5. The smallest absolute Gasteiger partial charge is 0.243 e. The van der Waals surface area contributed by atoms with E-state index in [9.17, 15) is 4.79 Å². The van der Waals surface area contributed by atoms with Gasteiger partial charge < -0.3 is 28.4 Å². The second-order valence-corrected chi connectivity index (χ2v) is 4.43. The highest BCUT2D eigenvalue weighted by Gasteiger charge is 2.07. The second-order valence-electron chi connectivity index (χ2n) is 3.28. The van der Waals surface area contributed by atoms with Crippen LogP contribution in [0.4, 0.5) is 0 Å². The summed E-state index contributed by atoms with van der Waals surface area (Å²) in [7, 11) is 1.91. The minimum Gasteiger partial charge on any atom is -1.00 e. The fourth-order valence-corrected chi connectivity index (χ4v) is 1.77. The monoisotopic (exact) mass is 321 g/mol. The van der Waals surface area contributed by atoms with Crippen molar-refractivity contribution < 1.29 is 26.3 Å². The van der Waals surface area contributed by atoms with Gasteiger partial charge >= 0.3 is 0 Å². The van der Waals surface area contributed by atoms with Gasteiger partial charge in [-0.15, -0.1) is 0 Å². The zero-order valence-electron chi connectivity index (χ0n) is 9.54. The molecule has 0 aliphatic carbocycles. The molecular weight excluding hydrogens is 306 g/mol. The third kappa shape index (κ3) is 7.01. The van der Waals surface area contributed by atoms with Crippen molar-refractivity contribution in [1.29, 1.82) is 0 Å². The molecule has 0 amide bonds. The van der Waals surface area contributed by atoms with Crippen LogP contribution in [0.2, 0.25) is 0 Å². The summed E-state index contributed by atoms with van der Waals surface area (Å²) >= 11 is 1.24. The number of nitrogens with zero attached hydrogens (tertiary/aromatic N) is 3. The van der Waals surface area contributed by atoms with E-state index in [0.717, 1.165) is 0 Å². The third-order valence-electron chi connectivity index (χ3n) is 1.78. The molecule has 0 unspecified atom stereocenters. The van der Waals surface area contributed by atoms with Gasteiger partial charge in [0.25, 0.3) is 0 Å². The van der Waals surface area contributed by atoms with Crippen molar-refractivity contribution in [3.63, 3.8) is 0 Å². The predicted molar refractivity (Wildman–Crippen MR) is 63.7 cm³/mol. The summed E-state index contributed by atoms with van der Waals surface area (Å²) in [6.07, 6.45) is 5.60. The fourth-order valence-electron chi connectivity index (χ4n) is 1.12. The summed E-state index contributed by atoms with van der Waals surface area (Å²) in [5.74, 6) is 0.662. The molecule has 4 N–H and O–H groups in total. The van der Waals surface area contributed by atoms with E-state index in [1.165, 1.54) is 11.8 Å². The number of nitrogens with two attached hydrogens (primary N) is 2. The van der Waals surface area contributed by atoms with Crippen molar-refractivity contribution in [3.8, 4) is 0 Å². The Kier molecular flexibility index (Phi) is 7.64. The molecule has 0 bridgehead atoms. The highest BCUT2D eigenvalue weighted by atomic mass is 79.9. The van der Waals surface area contributed by atoms with Gasteiger partial charge in [0.05, 0.1) is 13.6 Å². The molecule has 17 heavy (non-hydrogen) atoms. The maximum atomic E-state index is 11.5. The maximum absolute atomic E-state index is 11.5. The van der Waals surface area contributed by atoms with Gasteiger partial charge in [-0.2, -0.15) is 0 Å². The first kappa shape index (κ1) is 16.0. The van der Waals surface area contributed by atoms with Gasteiger partial charge in [0.1, 0.15) is 12.4 Å². The number of aryl methyl sites for hydroxylation is 1. The maximum Gasteiger partial charge on any atom is 0.243 e. The Morgan fingerprint density at radius 2 is 2.24 bits per heavy atom. The molecule has 1 heterocycles. The molecule has 0 aliphatic rings. The molecule has 0 fully saturated rings. The van der Waals surface area contributed by atoms with Crippen LogP contribution < -0.4 is 33.0 Å². The van der Waals surface area contributed by atoms with Gasteiger partial charge in [0.15, 0.2) is 12.5 Å². The Balaban J connectivity index is 0.00000256. The highest BCUT2D eigenvalue weighted by Crippen LogP contribution is 2.03. The minimum atomic E-state index is 0. The third-order valence-corrected chi connectivity index (χ3v) is 2.62. The molecule has 0 saturated heterocycles. The highest BCUT2D eigenvalue weighted by molar-refractivity contribution is 8.13. The van der Waals surface area contributed by atoms with Crippen LogP contribution in [0.15, 0.2) is 23.7 Å². The van der Waals surface area contributed by atoms with E-state index in [4.69, 9.17) is 11.5 Å². The standard InChI is InChI=1S/C9H16N5OS.BrH/c1-13-3-4-14(7-13)6-8(15)16-5-2-12-9(10)11;/h3-4,7H,2,5-6H2,1H3,(H4,10,11,12);1H/q+1;/p-1. The van der Waals surface area contributed by atoms with Crippen molar-refractivity contribution >= 4 is 22.8 Å². The molecule has 0 saturated carbocycles. The average Bonchev–Trinajstić information content (AvgIpc) is 2.58. The molecule has 0 radical (unpaired) electrons.